The van der Waals surface area contributed by atoms with E-state index in [2.05, 4.69) is 10.1 Å². The molecule has 0 aliphatic carbocycles. The predicted molar refractivity (Wildman–Crippen MR) is 64.1 cm³/mol. The average molecular weight is 251 g/mol. The van der Waals surface area contributed by atoms with Gasteiger partial charge >= 0.3 is 0 Å². The van der Waals surface area contributed by atoms with Crippen LogP contribution in [0.3, 0.4) is 0 Å². The zero-order chi connectivity index (χ0) is 13.0. The van der Waals surface area contributed by atoms with Crippen molar-refractivity contribution in [2.24, 2.45) is 0 Å². The molecule has 0 bridgehead atoms. The number of nitrogen functional groups attached to an aromatic ring is 1. The van der Waals surface area contributed by atoms with Gasteiger partial charge in [0.1, 0.15) is 12.4 Å². The van der Waals surface area contributed by atoms with Crippen molar-refractivity contribution in [1.29, 1.82) is 0 Å². The van der Waals surface area contributed by atoms with E-state index in [9.17, 15) is 4.39 Å². The first-order valence-corrected chi connectivity index (χ1v) is 5.66. The SMILES string of the molecule is CCCOCc1noc(-c2cc(F)ccc2N)n1. The van der Waals surface area contributed by atoms with Crippen LogP contribution >= 0.6 is 0 Å². The Hall–Kier alpha value is -1.95. The van der Waals surface area contributed by atoms with Gasteiger partial charge in [0.15, 0.2) is 5.82 Å². The van der Waals surface area contributed by atoms with Crippen LogP contribution in [0.15, 0.2) is 22.7 Å². The van der Waals surface area contributed by atoms with Gasteiger partial charge in [0, 0.05) is 12.3 Å². The zero-order valence-electron chi connectivity index (χ0n) is 10.0. The highest BCUT2D eigenvalue weighted by atomic mass is 19.1. The van der Waals surface area contributed by atoms with E-state index < -0.39 is 5.82 Å². The predicted octanol–water partition coefficient (Wildman–Crippen LogP) is 2.38. The maximum Gasteiger partial charge on any atom is 0.260 e. The molecule has 0 unspecified atom stereocenters. The third-order valence-corrected chi connectivity index (χ3v) is 2.29. The molecule has 0 radical (unpaired) electrons. The smallest absolute Gasteiger partial charge is 0.260 e. The van der Waals surface area contributed by atoms with E-state index in [4.69, 9.17) is 15.0 Å². The van der Waals surface area contributed by atoms with Gasteiger partial charge in [-0.2, -0.15) is 4.98 Å². The van der Waals surface area contributed by atoms with Crippen LogP contribution in [0.1, 0.15) is 19.2 Å². The molecule has 1 aromatic heterocycles. The highest BCUT2D eigenvalue weighted by Crippen LogP contribution is 2.25. The van der Waals surface area contributed by atoms with Gasteiger partial charge in [0.2, 0.25) is 0 Å². The molecular formula is C12H14FN3O2. The summed E-state index contributed by atoms with van der Waals surface area (Å²) in [4.78, 5) is 4.10. The van der Waals surface area contributed by atoms with Gasteiger partial charge in [-0.15, -0.1) is 0 Å². The summed E-state index contributed by atoms with van der Waals surface area (Å²) < 4.78 is 23.4. The van der Waals surface area contributed by atoms with E-state index >= 15 is 0 Å². The Morgan fingerprint density at radius 2 is 2.28 bits per heavy atom. The average Bonchev–Trinajstić information content (AvgIpc) is 2.81. The Bertz CT molecular complexity index is 528. The van der Waals surface area contributed by atoms with Crippen LogP contribution in [-0.4, -0.2) is 16.7 Å². The Morgan fingerprint density at radius 3 is 3.06 bits per heavy atom. The van der Waals surface area contributed by atoms with Gasteiger partial charge in [-0.05, 0) is 24.6 Å². The number of hydrogen-bond acceptors (Lipinski definition) is 5. The molecule has 2 N–H and O–H groups in total. The molecule has 0 saturated heterocycles. The van der Waals surface area contributed by atoms with Crippen LogP contribution < -0.4 is 5.73 Å². The Balaban J connectivity index is 2.16. The molecule has 0 fully saturated rings. The van der Waals surface area contributed by atoms with Crippen LogP contribution in [-0.2, 0) is 11.3 Å². The Kier molecular flexibility index (Phi) is 3.88. The third kappa shape index (κ3) is 2.84. The Morgan fingerprint density at radius 1 is 1.44 bits per heavy atom. The molecule has 96 valence electrons. The van der Waals surface area contributed by atoms with Crippen molar-refractivity contribution in [1.82, 2.24) is 10.1 Å². The second-order valence-electron chi connectivity index (χ2n) is 3.80. The van der Waals surface area contributed by atoms with Crippen molar-refractivity contribution in [3.63, 3.8) is 0 Å². The first kappa shape index (κ1) is 12.5. The topological polar surface area (TPSA) is 74.2 Å². The van der Waals surface area contributed by atoms with Gasteiger partial charge in [-0.1, -0.05) is 12.1 Å². The van der Waals surface area contributed by atoms with E-state index in [0.717, 1.165) is 6.42 Å². The first-order chi connectivity index (χ1) is 8.70. The zero-order valence-corrected chi connectivity index (χ0v) is 10.0. The second-order valence-corrected chi connectivity index (χ2v) is 3.80. The quantitative estimate of drug-likeness (QED) is 0.652. The first-order valence-electron chi connectivity index (χ1n) is 5.66. The molecule has 5 nitrogen and oxygen atoms in total. The number of hydrogen-bond donors (Lipinski definition) is 1. The van der Waals surface area contributed by atoms with Crippen LogP contribution in [0.4, 0.5) is 10.1 Å². The number of ether oxygens (including phenoxy) is 1. The van der Waals surface area contributed by atoms with Gasteiger partial charge in [0.25, 0.3) is 5.89 Å². The lowest BCUT2D eigenvalue weighted by Crippen LogP contribution is -1.96. The second kappa shape index (κ2) is 5.59. The minimum Gasteiger partial charge on any atom is -0.398 e. The number of benzene rings is 1. The molecule has 2 rings (SSSR count). The van der Waals surface area contributed by atoms with Crippen molar-refractivity contribution in [2.45, 2.75) is 20.0 Å². The monoisotopic (exact) mass is 251 g/mol. The molecule has 0 aliphatic heterocycles. The van der Waals surface area contributed by atoms with Crippen LogP contribution in [0.5, 0.6) is 0 Å². The molecule has 0 amide bonds. The number of nitrogens with zero attached hydrogens (tertiary/aromatic N) is 2. The number of aromatic nitrogens is 2. The maximum atomic E-state index is 13.1. The van der Waals surface area contributed by atoms with Gasteiger partial charge < -0.3 is 15.0 Å². The highest BCUT2D eigenvalue weighted by Gasteiger charge is 2.12. The van der Waals surface area contributed by atoms with E-state index in [0.29, 0.717) is 23.7 Å². The summed E-state index contributed by atoms with van der Waals surface area (Å²) in [6.07, 6.45) is 0.918. The number of nitrogens with two attached hydrogens (primary N) is 1. The summed E-state index contributed by atoms with van der Waals surface area (Å²) in [6, 6.07) is 4.00. The summed E-state index contributed by atoms with van der Waals surface area (Å²) in [6.45, 7) is 2.91. The molecule has 0 atom stereocenters. The summed E-state index contributed by atoms with van der Waals surface area (Å²) in [5.74, 6) is 0.213. The molecule has 6 heteroatoms. The number of rotatable bonds is 5. The van der Waals surface area contributed by atoms with Gasteiger partial charge in [-0.25, -0.2) is 4.39 Å². The molecule has 1 aromatic carbocycles. The summed E-state index contributed by atoms with van der Waals surface area (Å²) in [5.41, 5.74) is 6.51. The van der Waals surface area contributed by atoms with Crippen molar-refractivity contribution in [3.05, 3.63) is 29.8 Å². The molecule has 0 spiro atoms. The van der Waals surface area contributed by atoms with Crippen LogP contribution in [0.2, 0.25) is 0 Å². The van der Waals surface area contributed by atoms with Gasteiger partial charge in [-0.3, -0.25) is 0 Å². The molecule has 0 saturated carbocycles. The highest BCUT2D eigenvalue weighted by molar-refractivity contribution is 5.70. The van der Waals surface area contributed by atoms with E-state index in [1.807, 2.05) is 6.92 Å². The molecule has 0 aliphatic rings. The minimum absolute atomic E-state index is 0.196. The Labute approximate surface area is 104 Å². The van der Waals surface area contributed by atoms with Crippen molar-refractivity contribution in [3.8, 4) is 11.5 Å². The number of halogens is 1. The van der Waals surface area contributed by atoms with Crippen LogP contribution in [0.25, 0.3) is 11.5 Å². The van der Waals surface area contributed by atoms with Crippen molar-refractivity contribution >= 4 is 5.69 Å². The van der Waals surface area contributed by atoms with Gasteiger partial charge in [0.05, 0.1) is 5.56 Å². The van der Waals surface area contributed by atoms with E-state index in [1.165, 1.54) is 18.2 Å². The standard InChI is InChI=1S/C12H14FN3O2/c1-2-5-17-7-11-15-12(18-16-11)9-6-8(13)3-4-10(9)14/h3-4,6H,2,5,7,14H2,1H3. The number of anilines is 1. The lowest BCUT2D eigenvalue weighted by atomic mass is 10.2. The summed E-state index contributed by atoms with van der Waals surface area (Å²) >= 11 is 0. The lowest BCUT2D eigenvalue weighted by Gasteiger charge is -1.99. The van der Waals surface area contributed by atoms with Crippen molar-refractivity contribution < 1.29 is 13.7 Å². The summed E-state index contributed by atoms with van der Waals surface area (Å²) in [7, 11) is 0. The fourth-order valence-electron chi connectivity index (χ4n) is 1.44. The van der Waals surface area contributed by atoms with Crippen LogP contribution in [0, 0.1) is 5.82 Å². The minimum atomic E-state index is -0.402. The molecule has 1 heterocycles. The molecule has 18 heavy (non-hydrogen) atoms. The van der Waals surface area contributed by atoms with Crippen molar-refractivity contribution in [2.75, 3.05) is 12.3 Å². The third-order valence-electron chi connectivity index (χ3n) is 2.29. The normalized spacial score (nSPS) is 10.8. The molecular weight excluding hydrogens is 237 g/mol. The fraction of sp³-hybridized carbons (Fsp3) is 0.333. The lowest BCUT2D eigenvalue weighted by molar-refractivity contribution is 0.114. The van der Waals surface area contributed by atoms with E-state index in [-0.39, 0.29) is 12.5 Å². The summed E-state index contributed by atoms with van der Waals surface area (Å²) in [5, 5.41) is 3.75. The largest absolute Gasteiger partial charge is 0.398 e. The maximum absolute atomic E-state index is 13.1. The van der Waals surface area contributed by atoms with E-state index in [1.54, 1.807) is 0 Å². The fourth-order valence-corrected chi connectivity index (χ4v) is 1.44. The molecule has 2 aromatic rings.